The molecular weight excluding hydrogens is 175 g/mol. The van der Waals surface area contributed by atoms with Gasteiger partial charge < -0.3 is 0 Å². The minimum Gasteiger partial charge on any atom is -0.272 e. The number of hydroxylamine groups is 1. The number of nitrogens with one attached hydrogen (secondary N) is 1. The van der Waals surface area contributed by atoms with E-state index in [-0.39, 0.29) is 6.42 Å². The van der Waals surface area contributed by atoms with Crippen molar-refractivity contribution in [1.29, 1.82) is 0 Å². The van der Waals surface area contributed by atoms with Gasteiger partial charge in [0, 0.05) is 0 Å². The first-order chi connectivity index (χ1) is 5.45. The highest BCUT2D eigenvalue weighted by molar-refractivity contribution is 5.77. The van der Waals surface area contributed by atoms with Gasteiger partial charge in [-0.2, -0.15) is 13.2 Å². The van der Waals surface area contributed by atoms with E-state index in [1.165, 1.54) is 5.48 Å². The van der Waals surface area contributed by atoms with Crippen LogP contribution in [0.15, 0.2) is 0 Å². The predicted molar refractivity (Wildman–Crippen MR) is 33.6 cm³/mol. The second kappa shape index (κ2) is 4.62. The molecule has 0 radical (unpaired) electrons. The Bertz CT molecular complexity index is 194. The molecule has 0 bridgehead atoms. The number of halogens is 3. The molecule has 6 heteroatoms. The molecule has 0 saturated carbocycles. The summed E-state index contributed by atoms with van der Waals surface area (Å²) in [5.74, 6) is 1.17. The van der Waals surface area contributed by atoms with Crippen LogP contribution in [0.25, 0.3) is 0 Å². The molecule has 0 fully saturated rings. The molecule has 0 aromatic heterocycles. The maximum atomic E-state index is 11.4. The first-order valence-electron chi connectivity index (χ1n) is 2.86. The number of alkyl halides is 3. The normalized spacial score (nSPS) is 10.5. The van der Waals surface area contributed by atoms with E-state index in [1.54, 1.807) is 0 Å². The fraction of sp³-hybridized carbons (Fsp3) is 0.500. The van der Waals surface area contributed by atoms with Crippen LogP contribution in [-0.2, 0) is 9.63 Å². The molecule has 0 spiro atoms. The molecule has 3 nitrogen and oxygen atoms in total. The number of hydrogen-bond acceptors (Lipinski definition) is 2. The quantitative estimate of drug-likeness (QED) is 0.512. The molecule has 0 rings (SSSR count). The van der Waals surface area contributed by atoms with Crippen molar-refractivity contribution in [2.75, 3.05) is 6.61 Å². The van der Waals surface area contributed by atoms with Crippen LogP contribution in [0.1, 0.15) is 6.42 Å². The fourth-order valence-corrected chi connectivity index (χ4v) is 0.327. The second-order valence-corrected chi connectivity index (χ2v) is 1.81. The summed E-state index contributed by atoms with van der Waals surface area (Å²) in [6.45, 7) is -1.52. The molecular formula is C6H6F3NO2. The first kappa shape index (κ1) is 10.8. The summed E-state index contributed by atoms with van der Waals surface area (Å²) in [5, 5.41) is 0. The summed E-state index contributed by atoms with van der Waals surface area (Å²) in [6, 6.07) is 0. The molecule has 0 unspecified atom stereocenters. The minimum atomic E-state index is -4.45. The number of carbonyl (C=O) groups excluding carboxylic acids is 1. The average Bonchev–Trinajstić information content (AvgIpc) is 1.84. The largest absolute Gasteiger partial charge is 0.414 e. The predicted octanol–water partition coefficient (Wildman–Crippen LogP) is 0.620. The highest BCUT2D eigenvalue weighted by Crippen LogP contribution is 2.13. The molecule has 0 aliphatic carbocycles. The molecule has 1 N–H and O–H groups in total. The molecule has 12 heavy (non-hydrogen) atoms. The molecule has 0 heterocycles. The topological polar surface area (TPSA) is 38.3 Å². The van der Waals surface area contributed by atoms with Crippen LogP contribution < -0.4 is 5.48 Å². The molecule has 0 aliphatic rings. The van der Waals surface area contributed by atoms with Gasteiger partial charge in [-0.1, -0.05) is 5.92 Å². The Labute approximate surface area is 66.8 Å². The number of hydrogen-bond donors (Lipinski definition) is 1. The van der Waals surface area contributed by atoms with Gasteiger partial charge in [0.25, 0.3) is 5.91 Å². The Morgan fingerprint density at radius 2 is 2.17 bits per heavy atom. The Balaban J connectivity index is 3.45. The van der Waals surface area contributed by atoms with Crippen molar-refractivity contribution in [3.63, 3.8) is 0 Å². The van der Waals surface area contributed by atoms with E-state index in [1.807, 2.05) is 5.92 Å². The van der Waals surface area contributed by atoms with E-state index in [0.29, 0.717) is 0 Å². The molecule has 68 valence electrons. The van der Waals surface area contributed by atoms with Gasteiger partial charge in [0.05, 0.1) is 6.42 Å². The number of terminal acetylenes is 1. The van der Waals surface area contributed by atoms with Crippen LogP contribution in [0.4, 0.5) is 13.2 Å². The summed E-state index contributed by atoms with van der Waals surface area (Å²) in [4.78, 5) is 14.2. The molecule has 0 saturated heterocycles. The number of rotatable bonds is 3. The monoisotopic (exact) mass is 181 g/mol. The SMILES string of the molecule is C#CCC(=O)NOCC(F)(F)F. The molecule has 1 amide bonds. The van der Waals surface area contributed by atoms with Gasteiger partial charge in [-0.05, 0) is 0 Å². The summed E-state index contributed by atoms with van der Waals surface area (Å²) in [5.41, 5.74) is 1.54. The van der Waals surface area contributed by atoms with Gasteiger partial charge >= 0.3 is 6.18 Å². The van der Waals surface area contributed by atoms with E-state index in [9.17, 15) is 18.0 Å². The highest BCUT2D eigenvalue weighted by Gasteiger charge is 2.28. The Hall–Kier alpha value is -1.22. The van der Waals surface area contributed by atoms with Crippen LogP contribution in [0.2, 0.25) is 0 Å². The Kier molecular flexibility index (Phi) is 4.15. The first-order valence-corrected chi connectivity index (χ1v) is 2.86. The number of carbonyl (C=O) groups is 1. The van der Waals surface area contributed by atoms with Gasteiger partial charge in [0.15, 0.2) is 6.61 Å². The molecule has 0 aromatic rings. The summed E-state index contributed by atoms with van der Waals surface area (Å²) < 4.78 is 34.1. The van der Waals surface area contributed by atoms with Crippen LogP contribution in [-0.4, -0.2) is 18.7 Å². The maximum absolute atomic E-state index is 11.4. The van der Waals surface area contributed by atoms with E-state index in [4.69, 9.17) is 6.42 Å². The van der Waals surface area contributed by atoms with Crippen molar-refractivity contribution < 1.29 is 22.8 Å². The Morgan fingerprint density at radius 3 is 2.58 bits per heavy atom. The van der Waals surface area contributed by atoms with Crippen molar-refractivity contribution in [2.24, 2.45) is 0 Å². The summed E-state index contributed by atoms with van der Waals surface area (Å²) in [7, 11) is 0. The average molecular weight is 181 g/mol. The molecule has 0 aliphatic heterocycles. The standard InChI is InChI=1S/C6H6F3NO2/c1-2-3-5(11)10-12-4-6(7,8)9/h1H,3-4H2,(H,10,11). The van der Waals surface area contributed by atoms with Gasteiger partial charge in [0.2, 0.25) is 0 Å². The van der Waals surface area contributed by atoms with E-state index in [0.717, 1.165) is 0 Å². The zero-order valence-electron chi connectivity index (χ0n) is 5.94. The molecule has 0 aromatic carbocycles. The van der Waals surface area contributed by atoms with Gasteiger partial charge in [-0.25, -0.2) is 5.48 Å². The smallest absolute Gasteiger partial charge is 0.272 e. The maximum Gasteiger partial charge on any atom is 0.414 e. The summed E-state index contributed by atoms with van der Waals surface area (Å²) in [6.07, 6.45) is -0.0643. The third-order valence-electron chi connectivity index (χ3n) is 0.684. The zero-order chi connectivity index (χ0) is 9.61. The lowest BCUT2D eigenvalue weighted by molar-refractivity contribution is -0.191. The minimum absolute atomic E-state index is 0.308. The van der Waals surface area contributed by atoms with Crippen LogP contribution in [0, 0.1) is 12.3 Å². The van der Waals surface area contributed by atoms with E-state index in [2.05, 4.69) is 4.84 Å². The highest BCUT2D eigenvalue weighted by atomic mass is 19.4. The lowest BCUT2D eigenvalue weighted by Crippen LogP contribution is -2.29. The van der Waals surface area contributed by atoms with Crippen molar-refractivity contribution in [1.82, 2.24) is 5.48 Å². The van der Waals surface area contributed by atoms with Gasteiger partial charge in [-0.3, -0.25) is 9.63 Å². The van der Waals surface area contributed by atoms with Crippen LogP contribution in [0.3, 0.4) is 0 Å². The van der Waals surface area contributed by atoms with E-state index < -0.39 is 18.7 Å². The van der Waals surface area contributed by atoms with Crippen molar-refractivity contribution in [3.05, 3.63) is 0 Å². The fourth-order valence-electron chi connectivity index (χ4n) is 0.327. The Morgan fingerprint density at radius 1 is 1.58 bits per heavy atom. The van der Waals surface area contributed by atoms with Crippen LogP contribution in [0.5, 0.6) is 0 Å². The third kappa shape index (κ3) is 6.89. The number of amides is 1. The van der Waals surface area contributed by atoms with E-state index >= 15 is 0 Å². The van der Waals surface area contributed by atoms with Crippen molar-refractivity contribution in [2.45, 2.75) is 12.6 Å². The van der Waals surface area contributed by atoms with Gasteiger partial charge in [-0.15, -0.1) is 6.42 Å². The lowest BCUT2D eigenvalue weighted by Gasteiger charge is -2.06. The lowest BCUT2D eigenvalue weighted by atomic mass is 10.4. The third-order valence-corrected chi connectivity index (χ3v) is 0.684. The zero-order valence-corrected chi connectivity index (χ0v) is 5.94. The van der Waals surface area contributed by atoms with Crippen LogP contribution >= 0.6 is 0 Å². The van der Waals surface area contributed by atoms with Crippen molar-refractivity contribution in [3.8, 4) is 12.3 Å². The van der Waals surface area contributed by atoms with Gasteiger partial charge in [0.1, 0.15) is 0 Å². The van der Waals surface area contributed by atoms with Crippen molar-refractivity contribution >= 4 is 5.91 Å². The molecule has 0 atom stereocenters. The summed E-state index contributed by atoms with van der Waals surface area (Å²) >= 11 is 0. The second-order valence-electron chi connectivity index (χ2n) is 1.81.